The molecule has 0 fully saturated rings. The molecule has 0 aliphatic carbocycles. The SMILES string of the molecule is CCCCCCCCCCCC(O)O.COC. The standard InChI is InChI=1S/C12H26O2.C2H6O/c1-2-3-4-5-6-7-8-9-10-11-12(13)14;1-3-2/h12-14H,2-11H2,1H3;1-2H3. The molecular weight excluding hydrogens is 216 g/mol. The summed E-state index contributed by atoms with van der Waals surface area (Å²) in [6.07, 6.45) is 10.9. The molecule has 0 aromatic heterocycles. The summed E-state index contributed by atoms with van der Waals surface area (Å²) >= 11 is 0. The number of aliphatic hydroxyl groups is 2. The third-order valence-corrected chi connectivity index (χ3v) is 2.57. The highest BCUT2D eigenvalue weighted by Crippen LogP contribution is 2.10. The summed E-state index contributed by atoms with van der Waals surface area (Å²) in [5.74, 6) is 0. The van der Waals surface area contributed by atoms with Crippen LogP contribution in [-0.2, 0) is 4.74 Å². The van der Waals surface area contributed by atoms with Gasteiger partial charge in [0.1, 0.15) is 0 Å². The van der Waals surface area contributed by atoms with Crippen molar-refractivity contribution >= 4 is 0 Å². The Balaban J connectivity index is 0. The molecule has 0 radical (unpaired) electrons. The summed E-state index contributed by atoms with van der Waals surface area (Å²) in [6, 6.07) is 0. The van der Waals surface area contributed by atoms with Crippen LogP contribution in [0, 0.1) is 0 Å². The minimum atomic E-state index is -1.10. The molecular formula is C14H32O3. The normalized spacial score (nSPS) is 10.2. The second-order valence-electron chi connectivity index (χ2n) is 4.51. The van der Waals surface area contributed by atoms with Crippen LogP contribution in [0.1, 0.15) is 71.1 Å². The van der Waals surface area contributed by atoms with Gasteiger partial charge in [-0.1, -0.05) is 58.3 Å². The Morgan fingerprint density at radius 1 is 0.765 bits per heavy atom. The van der Waals surface area contributed by atoms with Crippen LogP contribution in [0.3, 0.4) is 0 Å². The highest BCUT2D eigenvalue weighted by Gasteiger charge is 1.96. The van der Waals surface area contributed by atoms with Gasteiger partial charge in [0.2, 0.25) is 0 Å². The third-order valence-electron chi connectivity index (χ3n) is 2.57. The molecule has 0 aromatic carbocycles. The molecule has 0 aromatic rings. The molecule has 0 aliphatic rings. The van der Waals surface area contributed by atoms with Crippen LogP contribution in [0.2, 0.25) is 0 Å². The average Bonchev–Trinajstić information content (AvgIpc) is 2.27. The maximum Gasteiger partial charge on any atom is 0.151 e. The Kier molecular flexibility index (Phi) is 20.6. The van der Waals surface area contributed by atoms with E-state index >= 15 is 0 Å². The van der Waals surface area contributed by atoms with Crippen molar-refractivity contribution in [2.24, 2.45) is 0 Å². The molecule has 0 saturated carbocycles. The van der Waals surface area contributed by atoms with Crippen LogP contribution in [-0.4, -0.2) is 30.7 Å². The maximum absolute atomic E-state index is 8.61. The first-order valence-corrected chi connectivity index (χ1v) is 6.95. The zero-order valence-corrected chi connectivity index (χ0v) is 12.0. The van der Waals surface area contributed by atoms with Crippen LogP contribution < -0.4 is 0 Å². The van der Waals surface area contributed by atoms with E-state index in [0.29, 0.717) is 6.42 Å². The number of aliphatic hydroxyl groups excluding tert-OH is 1. The van der Waals surface area contributed by atoms with Crippen molar-refractivity contribution in [3.8, 4) is 0 Å². The van der Waals surface area contributed by atoms with Gasteiger partial charge in [0, 0.05) is 14.2 Å². The van der Waals surface area contributed by atoms with Crippen molar-refractivity contribution in [1.82, 2.24) is 0 Å². The summed E-state index contributed by atoms with van der Waals surface area (Å²) in [4.78, 5) is 0. The van der Waals surface area contributed by atoms with Crippen molar-refractivity contribution in [2.45, 2.75) is 77.4 Å². The first-order chi connectivity index (χ1) is 8.18. The van der Waals surface area contributed by atoms with Crippen LogP contribution in [0.15, 0.2) is 0 Å². The zero-order chi connectivity index (χ0) is 13.4. The largest absolute Gasteiger partial charge is 0.388 e. The highest BCUT2D eigenvalue weighted by atomic mass is 16.5. The van der Waals surface area contributed by atoms with Gasteiger partial charge in [0.25, 0.3) is 0 Å². The fourth-order valence-corrected chi connectivity index (χ4v) is 1.64. The van der Waals surface area contributed by atoms with Crippen molar-refractivity contribution in [2.75, 3.05) is 14.2 Å². The van der Waals surface area contributed by atoms with Gasteiger partial charge < -0.3 is 14.9 Å². The van der Waals surface area contributed by atoms with E-state index in [2.05, 4.69) is 11.7 Å². The molecule has 0 unspecified atom stereocenters. The highest BCUT2D eigenvalue weighted by molar-refractivity contribution is 4.47. The minimum absolute atomic E-state index is 0.538. The van der Waals surface area contributed by atoms with E-state index in [9.17, 15) is 0 Å². The Morgan fingerprint density at radius 2 is 1.12 bits per heavy atom. The molecule has 3 nitrogen and oxygen atoms in total. The van der Waals surface area contributed by atoms with E-state index in [0.717, 1.165) is 12.8 Å². The van der Waals surface area contributed by atoms with Crippen LogP contribution in [0.5, 0.6) is 0 Å². The Labute approximate surface area is 107 Å². The number of methoxy groups -OCH3 is 1. The van der Waals surface area contributed by atoms with Crippen LogP contribution in [0.4, 0.5) is 0 Å². The van der Waals surface area contributed by atoms with Gasteiger partial charge in [-0.05, 0) is 12.8 Å². The molecule has 3 heteroatoms. The number of rotatable bonds is 10. The topological polar surface area (TPSA) is 49.7 Å². The Morgan fingerprint density at radius 3 is 1.47 bits per heavy atom. The van der Waals surface area contributed by atoms with Gasteiger partial charge in [0.15, 0.2) is 6.29 Å². The van der Waals surface area contributed by atoms with E-state index in [1.54, 1.807) is 14.2 Å². The van der Waals surface area contributed by atoms with Gasteiger partial charge in [-0.25, -0.2) is 0 Å². The van der Waals surface area contributed by atoms with Gasteiger partial charge >= 0.3 is 0 Å². The second kappa shape index (κ2) is 18.3. The fraction of sp³-hybridized carbons (Fsp3) is 1.00. The average molecular weight is 248 g/mol. The summed E-state index contributed by atoms with van der Waals surface area (Å²) in [5, 5.41) is 17.2. The predicted octanol–water partition coefficient (Wildman–Crippen LogP) is 3.48. The van der Waals surface area contributed by atoms with Crippen molar-refractivity contribution < 1.29 is 14.9 Å². The molecule has 0 atom stereocenters. The molecule has 0 saturated heterocycles. The first kappa shape index (κ1) is 19.2. The molecule has 0 rings (SSSR count). The summed E-state index contributed by atoms with van der Waals surface area (Å²) in [5.41, 5.74) is 0. The lowest BCUT2D eigenvalue weighted by atomic mass is 10.1. The minimum Gasteiger partial charge on any atom is -0.388 e. The fourth-order valence-electron chi connectivity index (χ4n) is 1.64. The molecule has 0 spiro atoms. The Bertz CT molecular complexity index is 116. The van der Waals surface area contributed by atoms with E-state index < -0.39 is 6.29 Å². The summed E-state index contributed by atoms with van der Waals surface area (Å²) in [6.45, 7) is 2.24. The van der Waals surface area contributed by atoms with Gasteiger partial charge in [-0.15, -0.1) is 0 Å². The molecule has 0 aliphatic heterocycles. The van der Waals surface area contributed by atoms with Crippen molar-refractivity contribution in [3.05, 3.63) is 0 Å². The molecule has 0 heterocycles. The smallest absolute Gasteiger partial charge is 0.151 e. The number of unbranched alkanes of at least 4 members (excludes halogenated alkanes) is 8. The number of hydrogen-bond donors (Lipinski definition) is 2. The van der Waals surface area contributed by atoms with E-state index in [-0.39, 0.29) is 0 Å². The van der Waals surface area contributed by atoms with Crippen molar-refractivity contribution in [1.29, 1.82) is 0 Å². The van der Waals surface area contributed by atoms with Gasteiger partial charge in [0.05, 0.1) is 0 Å². The first-order valence-electron chi connectivity index (χ1n) is 6.95. The zero-order valence-electron chi connectivity index (χ0n) is 12.0. The summed E-state index contributed by atoms with van der Waals surface area (Å²) in [7, 11) is 3.25. The number of ether oxygens (including phenoxy) is 1. The van der Waals surface area contributed by atoms with E-state index in [4.69, 9.17) is 10.2 Å². The second-order valence-corrected chi connectivity index (χ2v) is 4.51. The van der Waals surface area contributed by atoms with Crippen LogP contribution in [0.25, 0.3) is 0 Å². The van der Waals surface area contributed by atoms with E-state index in [1.807, 2.05) is 0 Å². The lowest BCUT2D eigenvalue weighted by molar-refractivity contribution is -0.0466. The Hall–Kier alpha value is -0.120. The quantitative estimate of drug-likeness (QED) is 0.459. The lowest BCUT2D eigenvalue weighted by Gasteiger charge is -2.03. The lowest BCUT2D eigenvalue weighted by Crippen LogP contribution is -2.02. The molecule has 0 bridgehead atoms. The van der Waals surface area contributed by atoms with Gasteiger partial charge in [-0.3, -0.25) is 0 Å². The molecule has 0 amide bonds. The monoisotopic (exact) mass is 248 g/mol. The number of hydrogen-bond acceptors (Lipinski definition) is 3. The molecule has 2 N–H and O–H groups in total. The van der Waals surface area contributed by atoms with Crippen molar-refractivity contribution in [3.63, 3.8) is 0 Å². The molecule has 106 valence electrons. The predicted molar refractivity (Wildman–Crippen MR) is 73.0 cm³/mol. The summed E-state index contributed by atoms with van der Waals surface area (Å²) < 4.78 is 4.25. The molecule has 17 heavy (non-hydrogen) atoms. The maximum atomic E-state index is 8.61. The van der Waals surface area contributed by atoms with E-state index in [1.165, 1.54) is 44.9 Å². The van der Waals surface area contributed by atoms with Crippen LogP contribution >= 0.6 is 0 Å². The van der Waals surface area contributed by atoms with Gasteiger partial charge in [-0.2, -0.15) is 0 Å². The third kappa shape index (κ3) is 25.8.